The van der Waals surface area contributed by atoms with Crippen LogP contribution in [-0.2, 0) is 0 Å². The summed E-state index contributed by atoms with van der Waals surface area (Å²) in [4.78, 5) is 17.2. The molecule has 0 aliphatic heterocycles. The molecule has 5 nitrogen and oxygen atoms in total. The lowest BCUT2D eigenvalue weighted by Gasteiger charge is -2.07. The van der Waals surface area contributed by atoms with E-state index in [4.69, 9.17) is 9.15 Å². The van der Waals surface area contributed by atoms with E-state index in [0.29, 0.717) is 39.9 Å². The maximum atomic E-state index is 12.6. The first-order valence-corrected chi connectivity index (χ1v) is 10.4. The second kappa shape index (κ2) is 8.32. The van der Waals surface area contributed by atoms with E-state index in [2.05, 4.69) is 52.2 Å². The van der Waals surface area contributed by atoms with Crippen LogP contribution >= 0.6 is 15.9 Å². The third-order valence-electron chi connectivity index (χ3n) is 4.88. The zero-order valence-electron chi connectivity index (χ0n) is 16.9. The van der Waals surface area contributed by atoms with Crippen molar-refractivity contribution in [3.63, 3.8) is 0 Å². The molecule has 1 amide bonds. The molecule has 152 valence electrons. The van der Waals surface area contributed by atoms with E-state index in [-0.39, 0.29) is 5.91 Å². The van der Waals surface area contributed by atoms with Crippen LogP contribution < -0.4 is 10.1 Å². The van der Waals surface area contributed by atoms with Crippen molar-refractivity contribution in [3.05, 3.63) is 76.3 Å². The van der Waals surface area contributed by atoms with Gasteiger partial charge in [0.1, 0.15) is 11.3 Å². The number of halogens is 1. The Morgan fingerprint density at radius 3 is 2.50 bits per heavy atom. The number of carbonyl (C=O) groups excluding carboxylic acids is 1. The van der Waals surface area contributed by atoms with Crippen LogP contribution in [0, 0.1) is 0 Å². The largest absolute Gasteiger partial charge is 0.496 e. The van der Waals surface area contributed by atoms with Gasteiger partial charge in [0, 0.05) is 16.8 Å². The molecule has 30 heavy (non-hydrogen) atoms. The molecule has 0 unspecified atom stereocenters. The van der Waals surface area contributed by atoms with Crippen LogP contribution in [0.5, 0.6) is 5.75 Å². The number of anilines is 1. The van der Waals surface area contributed by atoms with Gasteiger partial charge in [0.15, 0.2) is 5.58 Å². The highest BCUT2D eigenvalue weighted by atomic mass is 79.9. The fraction of sp³-hybridized carbons (Fsp3) is 0.167. The zero-order chi connectivity index (χ0) is 21.3. The normalized spacial score (nSPS) is 11.1. The molecule has 0 saturated heterocycles. The molecular weight excluding hydrogens is 444 g/mol. The fourth-order valence-corrected chi connectivity index (χ4v) is 3.69. The van der Waals surface area contributed by atoms with Gasteiger partial charge in [0.25, 0.3) is 5.91 Å². The van der Waals surface area contributed by atoms with Gasteiger partial charge >= 0.3 is 0 Å². The number of hydrogen-bond acceptors (Lipinski definition) is 4. The van der Waals surface area contributed by atoms with E-state index in [9.17, 15) is 4.79 Å². The second-order valence-corrected chi connectivity index (χ2v) is 8.14. The van der Waals surface area contributed by atoms with E-state index in [1.165, 1.54) is 5.56 Å². The highest BCUT2D eigenvalue weighted by molar-refractivity contribution is 9.10. The summed E-state index contributed by atoms with van der Waals surface area (Å²) in [6, 6.07) is 18.8. The Balaban J connectivity index is 1.56. The molecule has 0 radical (unpaired) electrons. The lowest BCUT2D eigenvalue weighted by molar-refractivity contribution is 0.102. The molecule has 0 bridgehead atoms. The Bertz CT molecular complexity index is 1210. The number of nitrogens with zero attached hydrogens (tertiary/aromatic N) is 1. The lowest BCUT2D eigenvalue weighted by Crippen LogP contribution is -2.11. The molecule has 0 fully saturated rings. The molecule has 4 aromatic rings. The number of benzene rings is 3. The Labute approximate surface area is 183 Å². The Kier molecular flexibility index (Phi) is 5.59. The summed E-state index contributed by atoms with van der Waals surface area (Å²) in [6.45, 7) is 4.32. The Morgan fingerprint density at radius 2 is 1.83 bits per heavy atom. The summed E-state index contributed by atoms with van der Waals surface area (Å²) < 4.78 is 11.8. The molecule has 0 aliphatic carbocycles. The van der Waals surface area contributed by atoms with Crippen molar-refractivity contribution in [2.45, 2.75) is 19.8 Å². The number of carbonyl (C=O) groups is 1. The number of nitrogens with one attached hydrogen (secondary N) is 1. The highest BCUT2D eigenvalue weighted by Crippen LogP contribution is 2.29. The minimum absolute atomic E-state index is 0.217. The molecule has 0 saturated carbocycles. The average molecular weight is 465 g/mol. The van der Waals surface area contributed by atoms with Crippen LogP contribution in [0.3, 0.4) is 0 Å². The number of ether oxygens (including phenoxy) is 1. The van der Waals surface area contributed by atoms with Crippen LogP contribution in [-0.4, -0.2) is 18.0 Å². The number of fused-ring (bicyclic) bond motifs is 1. The van der Waals surface area contributed by atoms with E-state index < -0.39 is 0 Å². The first kappa shape index (κ1) is 20.2. The average Bonchev–Trinajstić information content (AvgIpc) is 3.17. The topological polar surface area (TPSA) is 64.4 Å². The summed E-state index contributed by atoms with van der Waals surface area (Å²) in [6.07, 6.45) is 0. The minimum atomic E-state index is -0.217. The van der Waals surface area contributed by atoms with Crippen LogP contribution in [0.4, 0.5) is 5.69 Å². The zero-order valence-corrected chi connectivity index (χ0v) is 18.5. The Hall–Kier alpha value is -3.12. The van der Waals surface area contributed by atoms with Crippen molar-refractivity contribution in [1.29, 1.82) is 0 Å². The van der Waals surface area contributed by atoms with Crippen LogP contribution in [0.1, 0.15) is 35.7 Å². The molecule has 0 atom stereocenters. The van der Waals surface area contributed by atoms with Crippen molar-refractivity contribution >= 4 is 38.6 Å². The number of oxazole rings is 1. The first-order valence-electron chi connectivity index (χ1n) is 9.60. The standard InChI is InChI=1S/C24H21BrN2O3/c1-14(2)15-4-6-16(7-5-15)24-27-20-13-18(9-11-22(20)30-24)26-23(28)17-8-10-21(29-3)19(25)12-17/h4-14H,1-3H3,(H,26,28). The van der Waals surface area contributed by atoms with Crippen LogP contribution in [0.2, 0.25) is 0 Å². The van der Waals surface area contributed by atoms with E-state index in [1.54, 1.807) is 37.4 Å². The summed E-state index contributed by atoms with van der Waals surface area (Å²) >= 11 is 3.40. The highest BCUT2D eigenvalue weighted by Gasteiger charge is 2.12. The fourth-order valence-electron chi connectivity index (χ4n) is 3.15. The third kappa shape index (κ3) is 4.09. The summed E-state index contributed by atoms with van der Waals surface area (Å²) in [5.41, 5.74) is 4.72. The van der Waals surface area contributed by atoms with Crippen molar-refractivity contribution < 1.29 is 13.9 Å². The summed E-state index contributed by atoms with van der Waals surface area (Å²) in [7, 11) is 1.58. The number of rotatable bonds is 5. The van der Waals surface area contributed by atoms with Crippen LogP contribution in [0.25, 0.3) is 22.6 Å². The third-order valence-corrected chi connectivity index (χ3v) is 5.50. The van der Waals surface area contributed by atoms with Gasteiger partial charge in [-0.15, -0.1) is 0 Å². The predicted molar refractivity (Wildman–Crippen MR) is 122 cm³/mol. The van der Waals surface area contributed by atoms with Gasteiger partial charge < -0.3 is 14.5 Å². The quantitative estimate of drug-likeness (QED) is 0.359. The van der Waals surface area contributed by atoms with E-state index >= 15 is 0 Å². The van der Waals surface area contributed by atoms with Crippen molar-refractivity contribution in [3.8, 4) is 17.2 Å². The Morgan fingerprint density at radius 1 is 1.07 bits per heavy atom. The van der Waals surface area contributed by atoms with E-state index in [0.717, 1.165) is 10.0 Å². The molecule has 1 N–H and O–H groups in total. The first-order chi connectivity index (χ1) is 14.4. The van der Waals surface area contributed by atoms with Gasteiger partial charge in [-0.05, 0) is 75.9 Å². The number of amides is 1. The van der Waals surface area contributed by atoms with Gasteiger partial charge in [-0.1, -0.05) is 26.0 Å². The monoisotopic (exact) mass is 464 g/mol. The van der Waals surface area contributed by atoms with Crippen molar-refractivity contribution in [2.75, 3.05) is 12.4 Å². The molecule has 6 heteroatoms. The van der Waals surface area contributed by atoms with Crippen molar-refractivity contribution in [1.82, 2.24) is 4.98 Å². The van der Waals surface area contributed by atoms with Gasteiger partial charge in [-0.25, -0.2) is 4.98 Å². The molecular formula is C24H21BrN2O3. The molecule has 1 heterocycles. The maximum absolute atomic E-state index is 12.6. The molecule has 4 rings (SSSR count). The smallest absolute Gasteiger partial charge is 0.255 e. The van der Waals surface area contributed by atoms with E-state index in [1.807, 2.05) is 18.2 Å². The summed E-state index contributed by atoms with van der Waals surface area (Å²) in [5.74, 6) is 1.48. The maximum Gasteiger partial charge on any atom is 0.255 e. The minimum Gasteiger partial charge on any atom is -0.496 e. The molecule has 3 aromatic carbocycles. The molecule has 0 spiro atoms. The molecule has 1 aromatic heterocycles. The number of aromatic nitrogens is 1. The predicted octanol–water partition coefficient (Wildman–Crippen LogP) is 6.64. The number of hydrogen-bond donors (Lipinski definition) is 1. The van der Waals surface area contributed by atoms with Crippen LogP contribution in [0.15, 0.2) is 69.6 Å². The number of methoxy groups -OCH3 is 1. The van der Waals surface area contributed by atoms with Gasteiger partial charge in [0.05, 0.1) is 11.6 Å². The second-order valence-electron chi connectivity index (χ2n) is 7.28. The van der Waals surface area contributed by atoms with Gasteiger partial charge in [-0.2, -0.15) is 0 Å². The van der Waals surface area contributed by atoms with Gasteiger partial charge in [0.2, 0.25) is 5.89 Å². The lowest BCUT2D eigenvalue weighted by atomic mass is 10.0. The summed E-state index contributed by atoms with van der Waals surface area (Å²) in [5, 5.41) is 2.90. The SMILES string of the molecule is COc1ccc(C(=O)Nc2ccc3oc(-c4ccc(C(C)C)cc4)nc3c2)cc1Br. The molecule has 0 aliphatic rings. The van der Waals surface area contributed by atoms with Gasteiger partial charge in [-0.3, -0.25) is 4.79 Å². The van der Waals surface area contributed by atoms with Crippen molar-refractivity contribution in [2.24, 2.45) is 0 Å².